The van der Waals surface area contributed by atoms with E-state index in [0.29, 0.717) is 0 Å². The average molecular weight is 154 g/mol. The predicted molar refractivity (Wildman–Crippen MR) is 38.0 cm³/mol. The highest BCUT2D eigenvalue weighted by molar-refractivity contribution is 5.74. The molecular formula is C4H6N6O. The van der Waals surface area contributed by atoms with E-state index in [1.165, 1.54) is 0 Å². The molecule has 0 amide bonds. The Kier molecular flexibility index (Phi) is 1.81. The second-order valence-corrected chi connectivity index (χ2v) is 1.65. The molecule has 1 heterocycles. The molecule has 11 heavy (non-hydrogen) atoms. The summed E-state index contributed by atoms with van der Waals surface area (Å²) >= 11 is 0. The summed E-state index contributed by atoms with van der Waals surface area (Å²) in [6.07, 6.45) is 1.01. The smallest absolute Gasteiger partial charge is 0.225 e. The van der Waals surface area contributed by atoms with Crippen molar-refractivity contribution >= 4 is 18.1 Å². The van der Waals surface area contributed by atoms with Gasteiger partial charge in [-0.05, 0) is 0 Å². The molecule has 1 aromatic heterocycles. The molecule has 0 bridgehead atoms. The Morgan fingerprint density at radius 2 is 1.73 bits per heavy atom. The van der Waals surface area contributed by atoms with Gasteiger partial charge in [0.1, 0.15) is 6.21 Å². The molecule has 0 radical (unpaired) electrons. The molecule has 7 heteroatoms. The molecule has 0 aliphatic rings. The fraction of sp³-hybridized carbons (Fsp3) is 0. The Balaban J connectivity index is 3.08. The summed E-state index contributed by atoms with van der Waals surface area (Å²) in [4.78, 5) is 10.7. The molecule has 0 aromatic carbocycles. The summed E-state index contributed by atoms with van der Waals surface area (Å²) in [5, 5.41) is 10.8. The van der Waals surface area contributed by atoms with E-state index < -0.39 is 0 Å². The summed E-state index contributed by atoms with van der Waals surface area (Å²) in [6.45, 7) is 0. The third-order valence-electron chi connectivity index (χ3n) is 0.861. The summed E-state index contributed by atoms with van der Waals surface area (Å²) in [7, 11) is 0. The predicted octanol–water partition coefficient (Wildman–Crippen LogP) is -1.16. The van der Waals surface area contributed by atoms with Gasteiger partial charge < -0.3 is 16.7 Å². The lowest BCUT2D eigenvalue weighted by molar-refractivity contribution is 0.321. The van der Waals surface area contributed by atoms with Gasteiger partial charge in [-0.3, -0.25) is 0 Å². The number of rotatable bonds is 1. The summed E-state index contributed by atoms with van der Waals surface area (Å²) < 4.78 is 0. The van der Waals surface area contributed by atoms with E-state index in [4.69, 9.17) is 16.7 Å². The molecule has 0 fully saturated rings. The third kappa shape index (κ3) is 1.75. The zero-order valence-electron chi connectivity index (χ0n) is 5.47. The first-order valence-corrected chi connectivity index (χ1v) is 2.67. The number of anilines is 2. The molecule has 58 valence electrons. The van der Waals surface area contributed by atoms with Gasteiger partial charge in [0.25, 0.3) is 0 Å². The maximum atomic E-state index is 8.09. The first-order chi connectivity index (χ1) is 5.22. The minimum Gasteiger partial charge on any atom is -0.411 e. The van der Waals surface area contributed by atoms with Gasteiger partial charge in [0, 0.05) is 0 Å². The van der Waals surface area contributed by atoms with E-state index in [2.05, 4.69) is 20.1 Å². The van der Waals surface area contributed by atoms with Crippen LogP contribution in [0.5, 0.6) is 0 Å². The molecule has 0 atom stereocenters. The molecule has 0 aliphatic heterocycles. The van der Waals surface area contributed by atoms with Crippen molar-refractivity contribution < 1.29 is 5.21 Å². The number of nitrogens with zero attached hydrogens (tertiary/aromatic N) is 4. The van der Waals surface area contributed by atoms with E-state index in [0.717, 1.165) is 6.21 Å². The topological polar surface area (TPSA) is 123 Å². The minimum absolute atomic E-state index is 0.00704. The van der Waals surface area contributed by atoms with Crippen molar-refractivity contribution in [1.29, 1.82) is 0 Å². The van der Waals surface area contributed by atoms with Crippen LogP contribution in [0.25, 0.3) is 0 Å². The van der Waals surface area contributed by atoms with E-state index in [9.17, 15) is 0 Å². The molecule has 5 N–H and O–H groups in total. The van der Waals surface area contributed by atoms with Crippen LogP contribution in [0.4, 0.5) is 11.9 Å². The average Bonchev–Trinajstić information content (AvgIpc) is 1.85. The summed E-state index contributed by atoms with van der Waals surface area (Å²) in [6, 6.07) is 0. The van der Waals surface area contributed by atoms with Gasteiger partial charge in [-0.1, -0.05) is 5.16 Å². The van der Waals surface area contributed by atoms with Crippen LogP contribution in [0.3, 0.4) is 0 Å². The van der Waals surface area contributed by atoms with Crippen LogP contribution in [0, 0.1) is 0 Å². The SMILES string of the molecule is Nc1nc(N)nc(/C=N/O)n1. The van der Waals surface area contributed by atoms with Gasteiger partial charge in [-0.2, -0.15) is 15.0 Å². The van der Waals surface area contributed by atoms with Crippen molar-refractivity contribution in [3.05, 3.63) is 5.82 Å². The number of oxime groups is 1. The van der Waals surface area contributed by atoms with Crippen LogP contribution in [-0.4, -0.2) is 26.4 Å². The molecule has 1 aromatic rings. The third-order valence-corrected chi connectivity index (χ3v) is 0.861. The van der Waals surface area contributed by atoms with Gasteiger partial charge in [-0.15, -0.1) is 0 Å². The van der Waals surface area contributed by atoms with Gasteiger partial charge in [-0.25, -0.2) is 0 Å². The largest absolute Gasteiger partial charge is 0.411 e. The van der Waals surface area contributed by atoms with Gasteiger partial charge in [0.2, 0.25) is 11.9 Å². The zero-order chi connectivity index (χ0) is 8.27. The first kappa shape index (κ1) is 7.19. The standard InChI is InChI=1S/C4H6N6O/c5-3-8-2(1-7-11)9-4(6)10-3/h1,11H,(H4,5,6,8,9,10)/b7-1+. The molecule has 0 saturated heterocycles. The maximum Gasteiger partial charge on any atom is 0.225 e. The molecule has 0 aliphatic carbocycles. The second kappa shape index (κ2) is 2.78. The lowest BCUT2D eigenvalue weighted by atomic mass is 10.6. The van der Waals surface area contributed by atoms with Crippen molar-refractivity contribution in [3.8, 4) is 0 Å². The molecule has 1 rings (SSSR count). The summed E-state index contributed by atoms with van der Waals surface area (Å²) in [5.74, 6) is 0.109. The number of aromatic nitrogens is 3. The number of hydrogen-bond donors (Lipinski definition) is 3. The fourth-order valence-electron chi connectivity index (χ4n) is 0.536. The molecular weight excluding hydrogens is 148 g/mol. The van der Waals surface area contributed by atoms with E-state index in [-0.39, 0.29) is 17.7 Å². The molecule has 0 unspecified atom stereocenters. The summed E-state index contributed by atoms with van der Waals surface area (Å²) in [5.41, 5.74) is 10.4. The number of nitrogen functional groups attached to an aromatic ring is 2. The highest BCUT2D eigenvalue weighted by atomic mass is 16.4. The van der Waals surface area contributed by atoms with E-state index in [1.54, 1.807) is 0 Å². The Bertz CT molecular complexity index is 264. The number of nitrogens with two attached hydrogens (primary N) is 2. The van der Waals surface area contributed by atoms with E-state index >= 15 is 0 Å². The van der Waals surface area contributed by atoms with Crippen molar-refractivity contribution in [3.63, 3.8) is 0 Å². The van der Waals surface area contributed by atoms with Crippen molar-refractivity contribution in [1.82, 2.24) is 15.0 Å². The lowest BCUT2D eigenvalue weighted by Crippen LogP contribution is -2.06. The molecule has 7 nitrogen and oxygen atoms in total. The van der Waals surface area contributed by atoms with Crippen molar-refractivity contribution in [2.75, 3.05) is 11.5 Å². The van der Waals surface area contributed by atoms with Crippen molar-refractivity contribution in [2.45, 2.75) is 0 Å². The second-order valence-electron chi connectivity index (χ2n) is 1.65. The Morgan fingerprint density at radius 1 is 1.18 bits per heavy atom. The van der Waals surface area contributed by atoms with Crippen LogP contribution in [0.15, 0.2) is 5.16 Å². The molecule has 0 spiro atoms. The minimum atomic E-state index is -0.00704. The van der Waals surface area contributed by atoms with Crippen LogP contribution in [0.1, 0.15) is 5.82 Å². The zero-order valence-corrected chi connectivity index (χ0v) is 5.47. The van der Waals surface area contributed by atoms with Crippen LogP contribution < -0.4 is 11.5 Å². The Labute approximate surface area is 61.8 Å². The number of hydrogen-bond acceptors (Lipinski definition) is 7. The normalized spacial score (nSPS) is 10.5. The highest BCUT2D eigenvalue weighted by Crippen LogP contribution is 1.95. The van der Waals surface area contributed by atoms with Crippen molar-refractivity contribution in [2.24, 2.45) is 5.16 Å². The fourth-order valence-corrected chi connectivity index (χ4v) is 0.536. The monoisotopic (exact) mass is 154 g/mol. The van der Waals surface area contributed by atoms with Crippen LogP contribution in [-0.2, 0) is 0 Å². The maximum absolute atomic E-state index is 8.09. The van der Waals surface area contributed by atoms with Gasteiger partial charge in [0.15, 0.2) is 5.82 Å². The van der Waals surface area contributed by atoms with Gasteiger partial charge >= 0.3 is 0 Å². The Morgan fingerprint density at radius 3 is 2.18 bits per heavy atom. The lowest BCUT2D eigenvalue weighted by Gasteiger charge is -1.94. The van der Waals surface area contributed by atoms with Crippen LogP contribution in [0.2, 0.25) is 0 Å². The quantitative estimate of drug-likeness (QED) is 0.266. The molecule has 0 saturated carbocycles. The highest BCUT2D eigenvalue weighted by Gasteiger charge is 1.97. The van der Waals surface area contributed by atoms with Crippen LogP contribution >= 0.6 is 0 Å². The first-order valence-electron chi connectivity index (χ1n) is 2.67. The van der Waals surface area contributed by atoms with Gasteiger partial charge in [0.05, 0.1) is 0 Å². The Hall–Kier alpha value is -1.92. The van der Waals surface area contributed by atoms with E-state index in [1.807, 2.05) is 0 Å².